The van der Waals surface area contributed by atoms with E-state index in [-0.39, 0.29) is 6.03 Å². The van der Waals surface area contributed by atoms with Crippen LogP contribution in [0.2, 0.25) is 0 Å². The van der Waals surface area contributed by atoms with Gasteiger partial charge in [0.05, 0.1) is 34.1 Å². The molecule has 0 aliphatic carbocycles. The molecule has 2 aromatic carbocycles. The molecule has 0 unspecified atom stereocenters. The molecule has 0 fully saturated rings. The summed E-state index contributed by atoms with van der Waals surface area (Å²) in [5, 5.41) is 2.81. The molecular formula is C18H22N2O5. The van der Waals surface area contributed by atoms with Crippen LogP contribution in [0.3, 0.4) is 0 Å². The van der Waals surface area contributed by atoms with Crippen molar-refractivity contribution < 1.29 is 23.7 Å². The van der Waals surface area contributed by atoms with Crippen LogP contribution in [-0.2, 0) is 0 Å². The van der Waals surface area contributed by atoms with Gasteiger partial charge in [0, 0.05) is 24.9 Å². The number of anilines is 2. The maximum Gasteiger partial charge on any atom is 0.326 e. The highest BCUT2D eigenvalue weighted by atomic mass is 16.5. The number of hydrogen-bond donors (Lipinski definition) is 1. The summed E-state index contributed by atoms with van der Waals surface area (Å²) in [5.41, 5.74) is 1.26. The standard InChI is InChI=1S/C18H22N2O5/c1-20(13-6-8-14(22-2)9-7-13)18(21)19-12-10-15(23-3)17(25-5)16(11-12)24-4/h6-11H,1-5H3,(H,19,21). The Morgan fingerprint density at radius 2 is 1.44 bits per heavy atom. The van der Waals surface area contributed by atoms with E-state index in [9.17, 15) is 4.79 Å². The van der Waals surface area contributed by atoms with Crippen molar-refractivity contribution in [3.63, 3.8) is 0 Å². The lowest BCUT2D eigenvalue weighted by Gasteiger charge is -2.20. The van der Waals surface area contributed by atoms with Crippen LogP contribution in [0.5, 0.6) is 23.0 Å². The molecule has 2 amide bonds. The zero-order chi connectivity index (χ0) is 18.4. The third-order valence-corrected chi connectivity index (χ3v) is 3.68. The van der Waals surface area contributed by atoms with Crippen molar-refractivity contribution in [2.24, 2.45) is 0 Å². The first-order valence-corrected chi connectivity index (χ1v) is 7.52. The van der Waals surface area contributed by atoms with Crippen LogP contribution in [0.15, 0.2) is 36.4 Å². The van der Waals surface area contributed by atoms with Crippen LogP contribution in [0, 0.1) is 0 Å². The fourth-order valence-electron chi connectivity index (χ4n) is 2.28. The van der Waals surface area contributed by atoms with E-state index in [4.69, 9.17) is 18.9 Å². The van der Waals surface area contributed by atoms with E-state index in [1.54, 1.807) is 50.6 Å². The SMILES string of the molecule is COc1ccc(N(C)C(=O)Nc2cc(OC)c(OC)c(OC)c2)cc1. The molecule has 0 bridgehead atoms. The van der Waals surface area contributed by atoms with Gasteiger partial charge in [0.15, 0.2) is 11.5 Å². The maximum absolute atomic E-state index is 12.5. The average Bonchev–Trinajstić information content (AvgIpc) is 2.66. The second kappa shape index (κ2) is 8.14. The number of ether oxygens (including phenoxy) is 4. The molecule has 0 radical (unpaired) electrons. The van der Waals surface area contributed by atoms with Crippen molar-refractivity contribution in [3.8, 4) is 23.0 Å². The van der Waals surface area contributed by atoms with Gasteiger partial charge in [0.2, 0.25) is 5.75 Å². The van der Waals surface area contributed by atoms with Crippen LogP contribution in [0.25, 0.3) is 0 Å². The van der Waals surface area contributed by atoms with E-state index in [0.29, 0.717) is 22.9 Å². The Morgan fingerprint density at radius 1 is 0.880 bits per heavy atom. The van der Waals surface area contributed by atoms with Crippen LogP contribution in [0.4, 0.5) is 16.2 Å². The fourth-order valence-corrected chi connectivity index (χ4v) is 2.28. The summed E-state index contributed by atoms with van der Waals surface area (Å²) in [7, 11) is 7.83. The van der Waals surface area contributed by atoms with Crippen molar-refractivity contribution in [2.75, 3.05) is 45.7 Å². The fraction of sp³-hybridized carbons (Fsp3) is 0.278. The molecule has 0 aliphatic heterocycles. The number of carbonyl (C=O) groups is 1. The summed E-state index contributed by atoms with van der Waals surface area (Å²) >= 11 is 0. The van der Waals surface area contributed by atoms with E-state index in [1.807, 2.05) is 0 Å². The summed E-state index contributed by atoms with van der Waals surface area (Å²) in [6, 6.07) is 10.2. The molecule has 2 aromatic rings. The first kappa shape index (κ1) is 18.3. The van der Waals surface area contributed by atoms with Gasteiger partial charge in [0.25, 0.3) is 0 Å². The number of nitrogens with one attached hydrogen (secondary N) is 1. The van der Waals surface area contributed by atoms with Gasteiger partial charge in [-0.15, -0.1) is 0 Å². The highest BCUT2D eigenvalue weighted by molar-refractivity contribution is 6.01. The monoisotopic (exact) mass is 346 g/mol. The lowest BCUT2D eigenvalue weighted by atomic mass is 10.2. The minimum Gasteiger partial charge on any atom is -0.497 e. The van der Waals surface area contributed by atoms with Gasteiger partial charge in [-0.05, 0) is 24.3 Å². The lowest BCUT2D eigenvalue weighted by molar-refractivity contribution is 0.258. The molecule has 0 aromatic heterocycles. The van der Waals surface area contributed by atoms with Gasteiger partial charge in [-0.1, -0.05) is 0 Å². The molecule has 7 heteroatoms. The average molecular weight is 346 g/mol. The third-order valence-electron chi connectivity index (χ3n) is 3.68. The zero-order valence-corrected chi connectivity index (χ0v) is 15.0. The number of amides is 2. The highest BCUT2D eigenvalue weighted by Crippen LogP contribution is 2.40. The van der Waals surface area contributed by atoms with Crippen LogP contribution in [0.1, 0.15) is 0 Å². The molecular weight excluding hydrogens is 324 g/mol. The Bertz CT molecular complexity index is 706. The minimum absolute atomic E-state index is 0.306. The molecule has 0 atom stereocenters. The van der Waals surface area contributed by atoms with Gasteiger partial charge < -0.3 is 24.3 Å². The van der Waals surface area contributed by atoms with Crippen LogP contribution >= 0.6 is 0 Å². The molecule has 7 nitrogen and oxygen atoms in total. The Balaban J connectivity index is 2.21. The Labute approximate surface area is 147 Å². The van der Waals surface area contributed by atoms with Crippen molar-refractivity contribution in [3.05, 3.63) is 36.4 Å². The van der Waals surface area contributed by atoms with Crippen LogP contribution in [-0.4, -0.2) is 41.5 Å². The second-order valence-electron chi connectivity index (χ2n) is 5.10. The first-order chi connectivity index (χ1) is 12.0. The van der Waals surface area contributed by atoms with Crippen molar-refractivity contribution in [2.45, 2.75) is 0 Å². The smallest absolute Gasteiger partial charge is 0.326 e. The van der Waals surface area contributed by atoms with E-state index in [2.05, 4.69) is 5.32 Å². The summed E-state index contributed by atoms with van der Waals surface area (Å²) in [4.78, 5) is 14.0. The quantitative estimate of drug-likeness (QED) is 0.868. The van der Waals surface area contributed by atoms with Gasteiger partial charge in [0.1, 0.15) is 5.75 Å². The third kappa shape index (κ3) is 4.06. The lowest BCUT2D eigenvalue weighted by Crippen LogP contribution is -2.31. The number of urea groups is 1. The Hall–Kier alpha value is -3.09. The molecule has 0 aliphatic rings. The largest absolute Gasteiger partial charge is 0.497 e. The van der Waals surface area contributed by atoms with Crippen molar-refractivity contribution >= 4 is 17.4 Å². The summed E-state index contributed by atoms with van der Waals surface area (Å²) in [5.74, 6) is 2.11. The van der Waals surface area contributed by atoms with E-state index in [0.717, 1.165) is 11.4 Å². The second-order valence-corrected chi connectivity index (χ2v) is 5.10. The normalized spacial score (nSPS) is 9.96. The number of benzene rings is 2. The predicted octanol–water partition coefficient (Wildman–Crippen LogP) is 3.39. The predicted molar refractivity (Wildman–Crippen MR) is 96.5 cm³/mol. The minimum atomic E-state index is -0.306. The molecule has 1 N–H and O–H groups in total. The van der Waals surface area contributed by atoms with Gasteiger partial charge in [-0.3, -0.25) is 4.90 Å². The zero-order valence-electron chi connectivity index (χ0n) is 15.0. The van der Waals surface area contributed by atoms with Gasteiger partial charge >= 0.3 is 6.03 Å². The molecule has 0 heterocycles. The van der Waals surface area contributed by atoms with Gasteiger partial charge in [-0.2, -0.15) is 0 Å². The highest BCUT2D eigenvalue weighted by Gasteiger charge is 2.16. The topological polar surface area (TPSA) is 69.3 Å². The molecule has 0 saturated carbocycles. The van der Waals surface area contributed by atoms with E-state index < -0.39 is 0 Å². The molecule has 0 spiro atoms. The van der Waals surface area contributed by atoms with Gasteiger partial charge in [-0.25, -0.2) is 4.79 Å². The molecule has 134 valence electrons. The van der Waals surface area contributed by atoms with Crippen LogP contribution < -0.4 is 29.2 Å². The Morgan fingerprint density at radius 3 is 1.88 bits per heavy atom. The maximum atomic E-state index is 12.5. The first-order valence-electron chi connectivity index (χ1n) is 7.52. The van der Waals surface area contributed by atoms with E-state index in [1.165, 1.54) is 26.2 Å². The van der Waals surface area contributed by atoms with E-state index >= 15 is 0 Å². The summed E-state index contributed by atoms with van der Waals surface area (Å²) < 4.78 is 21.0. The summed E-state index contributed by atoms with van der Waals surface area (Å²) in [6.45, 7) is 0. The number of methoxy groups -OCH3 is 4. The number of rotatable bonds is 6. The summed E-state index contributed by atoms with van der Waals surface area (Å²) in [6.07, 6.45) is 0. The number of hydrogen-bond acceptors (Lipinski definition) is 5. The molecule has 25 heavy (non-hydrogen) atoms. The number of nitrogens with zero attached hydrogens (tertiary/aromatic N) is 1. The number of carbonyl (C=O) groups excluding carboxylic acids is 1. The Kier molecular flexibility index (Phi) is 5.94. The molecule has 0 saturated heterocycles. The van der Waals surface area contributed by atoms with Crippen molar-refractivity contribution in [1.29, 1.82) is 0 Å². The molecule has 2 rings (SSSR count). The van der Waals surface area contributed by atoms with Crippen molar-refractivity contribution in [1.82, 2.24) is 0 Å².